The molecule has 1 heterocycles. The van der Waals surface area contributed by atoms with Gasteiger partial charge in [-0.3, -0.25) is 9.36 Å². The number of hydrogen-bond acceptors (Lipinski definition) is 6. The van der Waals surface area contributed by atoms with Crippen molar-refractivity contribution >= 4 is 16.9 Å². The number of aromatic nitrogens is 2. The minimum Gasteiger partial charge on any atom is -0.545 e. The number of carboxylic acids is 1. The maximum atomic E-state index is 12.7. The lowest BCUT2D eigenvalue weighted by Gasteiger charge is -2.11. The number of rotatable bonds is 4. The number of fused-ring (bicyclic) bond motifs is 1. The minimum absolute atomic E-state index is 0.0215. The van der Waals surface area contributed by atoms with Gasteiger partial charge < -0.3 is 19.4 Å². The molecule has 0 amide bonds. The molecule has 7 heteroatoms. The number of methoxy groups -OCH3 is 2. The average Bonchev–Trinajstić information content (AvgIpc) is 2.61. The number of carbonyl (C=O) groups is 1. The van der Waals surface area contributed by atoms with Crippen molar-refractivity contribution < 1.29 is 19.4 Å². The highest BCUT2D eigenvalue weighted by Gasteiger charge is 2.12. The maximum Gasteiger partial charge on any atom is 0.265 e. The van der Waals surface area contributed by atoms with Crippen LogP contribution >= 0.6 is 0 Å². The van der Waals surface area contributed by atoms with E-state index < -0.39 is 5.97 Å². The zero-order valence-corrected chi connectivity index (χ0v) is 13.0. The predicted octanol–water partition coefficient (Wildman–Crippen LogP) is 0.766. The van der Waals surface area contributed by atoms with Crippen LogP contribution in [0.2, 0.25) is 0 Å². The summed E-state index contributed by atoms with van der Waals surface area (Å²) in [5.74, 6) is -0.441. The molecule has 0 unspecified atom stereocenters. The van der Waals surface area contributed by atoms with Crippen LogP contribution in [0.3, 0.4) is 0 Å². The van der Waals surface area contributed by atoms with Gasteiger partial charge in [-0.15, -0.1) is 0 Å². The topological polar surface area (TPSA) is 93.5 Å². The Morgan fingerprint density at radius 2 is 1.83 bits per heavy atom. The summed E-state index contributed by atoms with van der Waals surface area (Å²) in [5, 5.41) is 11.3. The summed E-state index contributed by atoms with van der Waals surface area (Å²) < 4.78 is 11.7. The molecule has 0 atom stereocenters. The summed E-state index contributed by atoms with van der Waals surface area (Å²) >= 11 is 0. The molecule has 7 nitrogen and oxygen atoms in total. The number of carbonyl (C=O) groups excluding carboxylic acids is 1. The first-order chi connectivity index (χ1) is 11.5. The Labute approximate surface area is 136 Å². The first-order valence-corrected chi connectivity index (χ1v) is 7.00. The summed E-state index contributed by atoms with van der Waals surface area (Å²) in [6.45, 7) is 0. The van der Waals surface area contributed by atoms with E-state index in [1.54, 1.807) is 18.2 Å². The van der Waals surface area contributed by atoms with Crippen molar-refractivity contribution in [1.29, 1.82) is 0 Å². The Morgan fingerprint density at radius 3 is 2.50 bits per heavy atom. The van der Waals surface area contributed by atoms with Crippen LogP contribution in [0.1, 0.15) is 10.4 Å². The number of nitrogens with zero attached hydrogens (tertiary/aromatic N) is 2. The molecular formula is C17H13N2O5-. The third kappa shape index (κ3) is 2.56. The molecule has 0 saturated carbocycles. The van der Waals surface area contributed by atoms with E-state index >= 15 is 0 Å². The monoisotopic (exact) mass is 325 g/mol. The third-order valence-corrected chi connectivity index (χ3v) is 3.62. The Morgan fingerprint density at radius 1 is 1.12 bits per heavy atom. The Hall–Kier alpha value is -3.35. The van der Waals surface area contributed by atoms with Crippen LogP contribution in [-0.4, -0.2) is 29.7 Å². The van der Waals surface area contributed by atoms with Crippen LogP contribution < -0.4 is 20.1 Å². The second-order valence-corrected chi connectivity index (χ2v) is 4.98. The zero-order valence-electron chi connectivity index (χ0n) is 13.0. The molecule has 0 fully saturated rings. The number of benzene rings is 2. The van der Waals surface area contributed by atoms with Crippen LogP contribution in [0.15, 0.2) is 47.5 Å². The van der Waals surface area contributed by atoms with Crippen molar-refractivity contribution in [2.24, 2.45) is 0 Å². The average molecular weight is 325 g/mol. The van der Waals surface area contributed by atoms with E-state index in [1.165, 1.54) is 43.3 Å². The van der Waals surface area contributed by atoms with Gasteiger partial charge in [0.05, 0.1) is 36.8 Å². The summed E-state index contributed by atoms with van der Waals surface area (Å²) in [5.41, 5.74) is 0.458. The first kappa shape index (κ1) is 15.5. The fraction of sp³-hybridized carbons (Fsp3) is 0.118. The summed E-state index contributed by atoms with van der Waals surface area (Å²) in [4.78, 5) is 28.0. The second kappa shape index (κ2) is 6.04. The highest BCUT2D eigenvalue weighted by atomic mass is 16.5. The van der Waals surface area contributed by atoms with Crippen LogP contribution in [0.4, 0.5) is 0 Å². The van der Waals surface area contributed by atoms with Crippen molar-refractivity contribution in [2.45, 2.75) is 0 Å². The first-order valence-electron chi connectivity index (χ1n) is 7.00. The molecule has 0 bridgehead atoms. The van der Waals surface area contributed by atoms with Gasteiger partial charge >= 0.3 is 0 Å². The Kier molecular flexibility index (Phi) is 3.91. The molecule has 1 aromatic heterocycles. The molecule has 0 saturated heterocycles. The predicted molar refractivity (Wildman–Crippen MR) is 84.8 cm³/mol. The molecule has 0 aliphatic rings. The Balaban J connectivity index is 2.24. The van der Waals surface area contributed by atoms with E-state index in [-0.39, 0.29) is 11.1 Å². The highest BCUT2D eigenvalue weighted by Crippen LogP contribution is 2.30. The van der Waals surface area contributed by atoms with Gasteiger partial charge in [0, 0.05) is 6.07 Å². The lowest BCUT2D eigenvalue weighted by atomic mass is 10.2. The van der Waals surface area contributed by atoms with Gasteiger partial charge in [-0.05, 0) is 23.8 Å². The van der Waals surface area contributed by atoms with Crippen molar-refractivity contribution in [2.75, 3.05) is 14.2 Å². The van der Waals surface area contributed by atoms with Gasteiger partial charge in [0.25, 0.3) is 5.56 Å². The van der Waals surface area contributed by atoms with Gasteiger partial charge in [0.1, 0.15) is 6.33 Å². The van der Waals surface area contributed by atoms with Crippen molar-refractivity contribution in [1.82, 2.24) is 9.55 Å². The SMILES string of the molecule is COc1cc2ncn(-c3cccc(C(=O)[O-])c3)c(=O)c2cc1OC. The molecule has 0 spiro atoms. The molecule has 0 radical (unpaired) electrons. The molecule has 0 aliphatic heterocycles. The molecule has 2 aromatic carbocycles. The smallest absolute Gasteiger partial charge is 0.265 e. The minimum atomic E-state index is -1.31. The fourth-order valence-corrected chi connectivity index (χ4v) is 2.42. The lowest BCUT2D eigenvalue weighted by molar-refractivity contribution is -0.255. The van der Waals surface area contributed by atoms with Gasteiger partial charge in [0.2, 0.25) is 0 Å². The van der Waals surface area contributed by atoms with Crippen LogP contribution in [0.5, 0.6) is 11.5 Å². The van der Waals surface area contributed by atoms with Crippen LogP contribution in [-0.2, 0) is 0 Å². The van der Waals surface area contributed by atoms with Crippen molar-refractivity contribution in [3.05, 3.63) is 58.6 Å². The molecule has 3 aromatic rings. The Bertz CT molecular complexity index is 994. The molecule has 24 heavy (non-hydrogen) atoms. The molecule has 3 rings (SSSR count). The van der Waals surface area contributed by atoms with Crippen LogP contribution in [0.25, 0.3) is 16.6 Å². The van der Waals surface area contributed by atoms with Gasteiger partial charge in [-0.25, -0.2) is 4.98 Å². The number of carboxylic acid groups (broad SMARTS) is 1. The molecular weight excluding hydrogens is 312 g/mol. The van der Waals surface area contributed by atoms with E-state index in [4.69, 9.17) is 9.47 Å². The number of aromatic carboxylic acids is 1. The summed E-state index contributed by atoms with van der Waals surface area (Å²) in [6, 6.07) is 9.05. The number of hydrogen-bond donors (Lipinski definition) is 0. The zero-order chi connectivity index (χ0) is 17.3. The van der Waals surface area contributed by atoms with Crippen LogP contribution in [0, 0.1) is 0 Å². The van der Waals surface area contributed by atoms with E-state index in [0.717, 1.165) is 0 Å². The molecule has 0 aliphatic carbocycles. The van der Waals surface area contributed by atoms with Gasteiger partial charge in [-0.2, -0.15) is 0 Å². The third-order valence-electron chi connectivity index (χ3n) is 3.62. The maximum absolute atomic E-state index is 12.7. The van der Waals surface area contributed by atoms with E-state index in [9.17, 15) is 14.7 Å². The van der Waals surface area contributed by atoms with Crippen molar-refractivity contribution in [3.8, 4) is 17.2 Å². The molecule has 122 valence electrons. The van der Waals surface area contributed by atoms with Crippen molar-refractivity contribution in [3.63, 3.8) is 0 Å². The van der Waals surface area contributed by atoms with Gasteiger partial charge in [0.15, 0.2) is 11.5 Å². The fourth-order valence-electron chi connectivity index (χ4n) is 2.42. The lowest BCUT2D eigenvalue weighted by Crippen LogP contribution is -2.23. The standard InChI is InChI=1S/C17H14N2O5/c1-23-14-7-12-13(8-15(14)24-2)18-9-19(16(12)20)11-5-3-4-10(6-11)17(21)22/h3-9H,1-2H3,(H,21,22)/p-1. The van der Waals surface area contributed by atoms with Gasteiger partial charge in [-0.1, -0.05) is 12.1 Å². The summed E-state index contributed by atoms with van der Waals surface area (Å²) in [7, 11) is 2.97. The second-order valence-electron chi connectivity index (χ2n) is 4.98. The van der Waals surface area contributed by atoms with E-state index in [2.05, 4.69) is 4.98 Å². The summed E-state index contributed by atoms with van der Waals surface area (Å²) in [6.07, 6.45) is 1.34. The molecule has 0 N–H and O–H groups in total. The quantitative estimate of drug-likeness (QED) is 0.703. The van der Waals surface area contributed by atoms with E-state index in [1.807, 2.05) is 0 Å². The van der Waals surface area contributed by atoms with E-state index in [0.29, 0.717) is 28.1 Å². The normalized spacial score (nSPS) is 10.6. The highest BCUT2D eigenvalue weighted by molar-refractivity contribution is 5.86. The largest absolute Gasteiger partial charge is 0.545 e. The number of ether oxygens (including phenoxy) is 2.